The largest absolute Gasteiger partial charge is 0.357 e. The highest BCUT2D eigenvalue weighted by Crippen LogP contribution is 2.26. The molecule has 2 rings (SSSR count). The Kier molecular flexibility index (Phi) is 9.09. The Morgan fingerprint density at radius 3 is 2.38 bits per heavy atom. The first-order chi connectivity index (χ1) is 15.0. The van der Waals surface area contributed by atoms with E-state index in [0.717, 1.165) is 17.4 Å². The fourth-order valence-electron chi connectivity index (χ4n) is 3.41. The molecular formula is C23H30ClN3O4S. The van der Waals surface area contributed by atoms with Crippen LogP contribution in [0.1, 0.15) is 30.9 Å². The number of halogens is 1. The molecule has 2 aromatic rings. The van der Waals surface area contributed by atoms with Crippen molar-refractivity contribution in [1.82, 2.24) is 10.2 Å². The van der Waals surface area contributed by atoms with Crippen LogP contribution in [0.25, 0.3) is 0 Å². The summed E-state index contributed by atoms with van der Waals surface area (Å²) in [4.78, 5) is 26.8. The van der Waals surface area contributed by atoms with E-state index in [2.05, 4.69) is 5.32 Å². The summed E-state index contributed by atoms with van der Waals surface area (Å²) in [5.41, 5.74) is 2.17. The van der Waals surface area contributed by atoms with Gasteiger partial charge in [-0.3, -0.25) is 13.9 Å². The molecule has 2 aromatic carbocycles. The van der Waals surface area contributed by atoms with Crippen LogP contribution < -0.4 is 9.62 Å². The Labute approximate surface area is 195 Å². The molecule has 1 unspecified atom stereocenters. The summed E-state index contributed by atoms with van der Waals surface area (Å²) >= 11 is 6.07. The lowest BCUT2D eigenvalue weighted by Crippen LogP contribution is -2.46. The lowest BCUT2D eigenvalue weighted by molar-refractivity contribution is -0.140. The summed E-state index contributed by atoms with van der Waals surface area (Å²) in [7, 11) is -2.04. The van der Waals surface area contributed by atoms with Crippen LogP contribution in [0.2, 0.25) is 5.02 Å². The van der Waals surface area contributed by atoms with Crippen LogP contribution in [0.15, 0.2) is 48.5 Å². The molecule has 1 atom stereocenters. The van der Waals surface area contributed by atoms with Crippen LogP contribution in [0.3, 0.4) is 0 Å². The number of anilines is 1. The number of hydrogen-bond donors (Lipinski definition) is 1. The lowest BCUT2D eigenvalue weighted by atomic mass is 10.1. The van der Waals surface area contributed by atoms with Gasteiger partial charge < -0.3 is 10.2 Å². The third-order valence-electron chi connectivity index (χ3n) is 5.20. The van der Waals surface area contributed by atoms with E-state index in [0.29, 0.717) is 17.1 Å². The van der Waals surface area contributed by atoms with Crippen molar-refractivity contribution in [2.24, 2.45) is 0 Å². The quantitative estimate of drug-likeness (QED) is 0.566. The molecule has 1 N–H and O–H groups in total. The molecule has 0 fully saturated rings. The molecule has 0 bridgehead atoms. The first-order valence-corrected chi connectivity index (χ1v) is 12.6. The predicted octanol–water partition coefficient (Wildman–Crippen LogP) is 3.36. The molecule has 7 nitrogen and oxygen atoms in total. The van der Waals surface area contributed by atoms with Crippen LogP contribution in [0, 0.1) is 6.92 Å². The van der Waals surface area contributed by atoms with Crippen molar-refractivity contribution in [3.05, 3.63) is 64.7 Å². The lowest BCUT2D eigenvalue weighted by Gasteiger charge is -2.29. The van der Waals surface area contributed by atoms with Crippen molar-refractivity contribution in [3.8, 4) is 0 Å². The molecule has 32 heavy (non-hydrogen) atoms. The highest BCUT2D eigenvalue weighted by molar-refractivity contribution is 7.92. The van der Waals surface area contributed by atoms with Gasteiger partial charge in [-0.25, -0.2) is 8.42 Å². The summed E-state index contributed by atoms with van der Waals surface area (Å²) in [5, 5.41) is 3.01. The van der Waals surface area contributed by atoms with Gasteiger partial charge in [0.15, 0.2) is 0 Å². The van der Waals surface area contributed by atoms with Crippen molar-refractivity contribution in [2.45, 2.75) is 39.3 Å². The molecule has 0 saturated carbocycles. The van der Waals surface area contributed by atoms with Gasteiger partial charge in [0.25, 0.3) is 0 Å². The zero-order valence-corrected chi connectivity index (χ0v) is 20.4. The third kappa shape index (κ3) is 6.97. The molecule has 0 aliphatic rings. The summed E-state index contributed by atoms with van der Waals surface area (Å²) in [6.45, 7) is 3.90. The Balaban J connectivity index is 2.16. The Bertz CT molecular complexity index is 1040. The second-order valence-corrected chi connectivity index (χ2v) is 10.0. The van der Waals surface area contributed by atoms with E-state index in [9.17, 15) is 18.0 Å². The summed E-state index contributed by atoms with van der Waals surface area (Å²) in [6.07, 6.45) is 1.52. The van der Waals surface area contributed by atoms with Gasteiger partial charge in [0.05, 0.1) is 11.9 Å². The van der Waals surface area contributed by atoms with Crippen molar-refractivity contribution in [3.63, 3.8) is 0 Å². The fourth-order valence-corrected chi connectivity index (χ4v) is 4.59. The van der Waals surface area contributed by atoms with Gasteiger partial charge in [-0.05, 0) is 43.5 Å². The standard InChI is InChI=1S/C23H30ClN3O4S/c1-17-12-13-20(24)15-21(17)27(32(4,30)31)14-8-11-22(28)26(18(2)23(29)25-3)16-19-9-6-5-7-10-19/h5-7,9-10,12-13,15,18H,8,11,14,16H2,1-4H3,(H,25,29). The molecule has 0 aliphatic carbocycles. The molecule has 0 aromatic heterocycles. The zero-order valence-electron chi connectivity index (χ0n) is 18.8. The molecule has 0 saturated heterocycles. The molecule has 0 spiro atoms. The van der Waals surface area contributed by atoms with Crippen LogP contribution in [-0.2, 0) is 26.2 Å². The van der Waals surface area contributed by atoms with Gasteiger partial charge in [-0.15, -0.1) is 0 Å². The third-order valence-corrected chi connectivity index (χ3v) is 6.62. The van der Waals surface area contributed by atoms with Crippen LogP contribution in [0.5, 0.6) is 0 Å². The van der Waals surface area contributed by atoms with E-state index in [1.54, 1.807) is 25.1 Å². The van der Waals surface area contributed by atoms with Crippen molar-refractivity contribution in [1.29, 1.82) is 0 Å². The second kappa shape index (κ2) is 11.3. The average molecular weight is 480 g/mol. The van der Waals surface area contributed by atoms with Gasteiger partial charge in [-0.1, -0.05) is 48.0 Å². The summed E-state index contributed by atoms with van der Waals surface area (Å²) in [6, 6.07) is 13.8. The van der Waals surface area contributed by atoms with Crippen molar-refractivity contribution in [2.75, 3.05) is 24.2 Å². The SMILES string of the molecule is CNC(=O)C(C)N(Cc1ccccc1)C(=O)CCCN(c1cc(Cl)ccc1C)S(C)(=O)=O. The number of amides is 2. The minimum atomic E-state index is -3.57. The number of carbonyl (C=O) groups is 2. The Morgan fingerprint density at radius 1 is 1.12 bits per heavy atom. The molecule has 9 heteroatoms. The van der Waals surface area contributed by atoms with Crippen LogP contribution in [0.4, 0.5) is 5.69 Å². The minimum absolute atomic E-state index is 0.0970. The van der Waals surface area contributed by atoms with E-state index in [1.165, 1.54) is 16.3 Å². The van der Waals surface area contributed by atoms with E-state index >= 15 is 0 Å². The molecule has 174 valence electrons. The monoisotopic (exact) mass is 479 g/mol. The van der Waals surface area contributed by atoms with Gasteiger partial charge >= 0.3 is 0 Å². The Morgan fingerprint density at radius 2 is 1.78 bits per heavy atom. The van der Waals surface area contributed by atoms with Gasteiger partial charge in [0.2, 0.25) is 21.8 Å². The molecular weight excluding hydrogens is 450 g/mol. The molecule has 2 amide bonds. The first-order valence-electron chi connectivity index (χ1n) is 10.3. The summed E-state index contributed by atoms with van der Waals surface area (Å²) < 4.78 is 26.1. The first kappa shape index (κ1) is 25.7. The van der Waals surface area contributed by atoms with E-state index in [4.69, 9.17) is 11.6 Å². The number of aryl methyl sites for hydroxylation is 1. The number of benzene rings is 2. The van der Waals surface area contributed by atoms with Crippen LogP contribution in [-0.4, -0.2) is 51.0 Å². The van der Waals surface area contributed by atoms with E-state index in [-0.39, 0.29) is 31.3 Å². The van der Waals surface area contributed by atoms with Crippen molar-refractivity contribution < 1.29 is 18.0 Å². The highest BCUT2D eigenvalue weighted by atomic mass is 35.5. The number of nitrogens with one attached hydrogen (secondary N) is 1. The number of rotatable bonds is 10. The molecule has 0 aliphatic heterocycles. The number of sulfonamides is 1. The van der Waals surface area contributed by atoms with Gasteiger partial charge in [-0.2, -0.15) is 0 Å². The topological polar surface area (TPSA) is 86.8 Å². The summed E-state index contributed by atoms with van der Waals surface area (Å²) in [5.74, 6) is -0.484. The van der Waals surface area contributed by atoms with Crippen LogP contribution >= 0.6 is 11.6 Å². The average Bonchev–Trinajstić information content (AvgIpc) is 2.75. The Hall–Kier alpha value is -2.58. The maximum absolute atomic E-state index is 13.1. The minimum Gasteiger partial charge on any atom is -0.357 e. The number of likely N-dealkylation sites (N-methyl/N-ethyl adjacent to an activating group) is 1. The van der Waals surface area contributed by atoms with E-state index < -0.39 is 16.1 Å². The number of nitrogens with zero attached hydrogens (tertiary/aromatic N) is 2. The zero-order chi connectivity index (χ0) is 23.9. The maximum atomic E-state index is 13.1. The second-order valence-electron chi connectivity index (χ2n) is 7.67. The van der Waals surface area contributed by atoms with E-state index in [1.807, 2.05) is 37.3 Å². The maximum Gasteiger partial charge on any atom is 0.242 e. The highest BCUT2D eigenvalue weighted by Gasteiger charge is 2.26. The fraction of sp³-hybridized carbons (Fsp3) is 0.391. The molecule has 0 radical (unpaired) electrons. The van der Waals surface area contributed by atoms with Crippen molar-refractivity contribution >= 4 is 39.1 Å². The molecule has 0 heterocycles. The normalized spacial score (nSPS) is 12.2. The predicted molar refractivity (Wildman–Crippen MR) is 128 cm³/mol. The van der Waals surface area contributed by atoms with Gasteiger partial charge in [0.1, 0.15) is 6.04 Å². The number of carbonyl (C=O) groups excluding carboxylic acids is 2. The smallest absolute Gasteiger partial charge is 0.242 e. The number of hydrogen-bond acceptors (Lipinski definition) is 4. The van der Waals surface area contributed by atoms with Gasteiger partial charge in [0, 0.05) is 31.6 Å².